The van der Waals surface area contributed by atoms with Crippen LogP contribution in [0.4, 0.5) is 0 Å². The van der Waals surface area contributed by atoms with Crippen LogP contribution in [0.2, 0.25) is 5.02 Å². The predicted molar refractivity (Wildman–Crippen MR) is 62.8 cm³/mol. The number of hydrogen-bond donors (Lipinski definition) is 0. The summed E-state index contributed by atoms with van der Waals surface area (Å²) in [7, 11) is 1.78. The van der Waals surface area contributed by atoms with Crippen LogP contribution in [0.5, 0.6) is 0 Å². The number of halogens is 1. The second kappa shape index (κ2) is 4.10. The maximum atomic E-state index is 12.1. The van der Waals surface area contributed by atoms with Gasteiger partial charge in [0.15, 0.2) is 5.78 Å². The van der Waals surface area contributed by atoms with Crippen LogP contribution in [0.15, 0.2) is 30.6 Å². The van der Waals surface area contributed by atoms with E-state index in [1.165, 1.54) is 0 Å². The summed E-state index contributed by atoms with van der Waals surface area (Å²) in [5.74, 6) is -0.0481. The molecule has 82 valence electrons. The monoisotopic (exact) mass is 234 g/mol. The Bertz CT molecular complexity index is 546. The van der Waals surface area contributed by atoms with Crippen molar-refractivity contribution in [2.75, 3.05) is 0 Å². The Morgan fingerprint density at radius 3 is 2.81 bits per heavy atom. The highest BCUT2D eigenvalue weighted by molar-refractivity contribution is 6.31. The summed E-state index contributed by atoms with van der Waals surface area (Å²) >= 11 is 5.88. The third-order valence-electron chi connectivity index (χ3n) is 2.41. The molecule has 0 N–H and O–H groups in total. The van der Waals surface area contributed by atoms with E-state index >= 15 is 0 Å². The van der Waals surface area contributed by atoms with Gasteiger partial charge in [-0.15, -0.1) is 0 Å². The van der Waals surface area contributed by atoms with Gasteiger partial charge in [-0.2, -0.15) is 5.10 Å². The Balaban J connectivity index is 2.45. The number of carbonyl (C=O) groups is 1. The second-order valence-electron chi connectivity index (χ2n) is 3.69. The van der Waals surface area contributed by atoms with E-state index in [0.29, 0.717) is 16.1 Å². The molecule has 2 aromatic rings. The van der Waals surface area contributed by atoms with Crippen molar-refractivity contribution in [3.05, 3.63) is 52.3 Å². The highest BCUT2D eigenvalue weighted by atomic mass is 35.5. The van der Waals surface area contributed by atoms with Crippen molar-refractivity contribution in [2.24, 2.45) is 7.05 Å². The van der Waals surface area contributed by atoms with Gasteiger partial charge in [-0.25, -0.2) is 0 Å². The first-order valence-electron chi connectivity index (χ1n) is 4.87. The van der Waals surface area contributed by atoms with E-state index in [0.717, 1.165) is 5.56 Å². The molecular weight excluding hydrogens is 224 g/mol. The normalized spacial score (nSPS) is 10.4. The van der Waals surface area contributed by atoms with E-state index in [-0.39, 0.29) is 5.78 Å². The maximum absolute atomic E-state index is 12.1. The molecule has 0 aliphatic carbocycles. The number of ketones is 1. The van der Waals surface area contributed by atoms with Gasteiger partial charge in [-0.05, 0) is 24.6 Å². The maximum Gasteiger partial charge on any atom is 0.196 e. The zero-order chi connectivity index (χ0) is 11.7. The standard InChI is InChI=1S/C12H11ClN2O/c1-8-3-4-10(13)5-11(8)12(16)9-6-14-15(2)7-9/h3-7H,1-2H3. The quantitative estimate of drug-likeness (QED) is 0.749. The van der Waals surface area contributed by atoms with Gasteiger partial charge < -0.3 is 0 Å². The van der Waals surface area contributed by atoms with Gasteiger partial charge in [-0.3, -0.25) is 9.48 Å². The van der Waals surface area contributed by atoms with Crippen LogP contribution in [-0.4, -0.2) is 15.6 Å². The summed E-state index contributed by atoms with van der Waals surface area (Å²) in [5.41, 5.74) is 2.12. The minimum atomic E-state index is -0.0481. The summed E-state index contributed by atoms with van der Waals surface area (Å²) in [5, 5.41) is 4.55. The van der Waals surface area contributed by atoms with Gasteiger partial charge in [-0.1, -0.05) is 17.7 Å². The molecule has 0 aliphatic heterocycles. The minimum Gasteiger partial charge on any atom is -0.288 e. The molecule has 4 heteroatoms. The third-order valence-corrected chi connectivity index (χ3v) is 2.65. The second-order valence-corrected chi connectivity index (χ2v) is 4.13. The molecule has 0 unspecified atom stereocenters. The Morgan fingerprint density at radius 1 is 1.44 bits per heavy atom. The predicted octanol–water partition coefficient (Wildman–Crippen LogP) is 2.61. The van der Waals surface area contributed by atoms with Crippen LogP contribution < -0.4 is 0 Å². The first kappa shape index (κ1) is 10.9. The van der Waals surface area contributed by atoms with Crippen LogP contribution in [-0.2, 0) is 7.05 Å². The number of aryl methyl sites for hydroxylation is 2. The topological polar surface area (TPSA) is 34.9 Å². The highest BCUT2D eigenvalue weighted by Gasteiger charge is 2.13. The summed E-state index contributed by atoms with van der Waals surface area (Å²) in [6.07, 6.45) is 3.26. The van der Waals surface area contributed by atoms with Crippen molar-refractivity contribution in [3.8, 4) is 0 Å². The molecule has 0 fully saturated rings. The van der Waals surface area contributed by atoms with Gasteiger partial charge in [0.1, 0.15) is 0 Å². The van der Waals surface area contributed by atoms with E-state index < -0.39 is 0 Å². The molecular formula is C12H11ClN2O. The molecule has 0 aliphatic rings. The molecule has 0 amide bonds. The Labute approximate surface area is 98.7 Å². The molecule has 1 aromatic heterocycles. The molecule has 0 bridgehead atoms. The number of hydrogen-bond acceptors (Lipinski definition) is 2. The summed E-state index contributed by atoms with van der Waals surface area (Å²) < 4.78 is 1.60. The van der Waals surface area contributed by atoms with E-state index in [1.54, 1.807) is 36.3 Å². The molecule has 0 saturated heterocycles. The van der Waals surface area contributed by atoms with Crippen molar-refractivity contribution in [2.45, 2.75) is 6.92 Å². The Hall–Kier alpha value is -1.61. The summed E-state index contributed by atoms with van der Waals surface area (Å²) in [6, 6.07) is 5.30. The molecule has 1 aromatic carbocycles. The fraction of sp³-hybridized carbons (Fsp3) is 0.167. The van der Waals surface area contributed by atoms with Crippen LogP contribution in [0.25, 0.3) is 0 Å². The molecule has 16 heavy (non-hydrogen) atoms. The first-order chi connectivity index (χ1) is 7.58. The van der Waals surface area contributed by atoms with Gasteiger partial charge >= 0.3 is 0 Å². The Morgan fingerprint density at radius 2 is 2.19 bits per heavy atom. The molecule has 0 saturated carbocycles. The van der Waals surface area contributed by atoms with E-state index in [1.807, 2.05) is 13.0 Å². The van der Waals surface area contributed by atoms with Crippen molar-refractivity contribution in [1.82, 2.24) is 9.78 Å². The summed E-state index contributed by atoms with van der Waals surface area (Å²) in [4.78, 5) is 12.1. The number of nitrogens with zero attached hydrogens (tertiary/aromatic N) is 2. The zero-order valence-corrected chi connectivity index (χ0v) is 9.82. The van der Waals surface area contributed by atoms with Crippen molar-refractivity contribution < 1.29 is 4.79 Å². The van der Waals surface area contributed by atoms with Crippen molar-refractivity contribution in [1.29, 1.82) is 0 Å². The third kappa shape index (κ3) is 1.99. The number of rotatable bonds is 2. The number of carbonyl (C=O) groups excluding carboxylic acids is 1. The molecule has 2 rings (SSSR count). The van der Waals surface area contributed by atoms with E-state index in [9.17, 15) is 4.79 Å². The first-order valence-corrected chi connectivity index (χ1v) is 5.25. The van der Waals surface area contributed by atoms with E-state index in [2.05, 4.69) is 5.10 Å². The SMILES string of the molecule is Cc1ccc(Cl)cc1C(=O)c1cnn(C)c1. The van der Waals surface area contributed by atoms with Gasteiger partial charge in [0.05, 0.1) is 11.8 Å². The van der Waals surface area contributed by atoms with Gasteiger partial charge in [0.25, 0.3) is 0 Å². The fourth-order valence-corrected chi connectivity index (χ4v) is 1.70. The smallest absolute Gasteiger partial charge is 0.196 e. The van der Waals surface area contributed by atoms with E-state index in [4.69, 9.17) is 11.6 Å². The van der Waals surface area contributed by atoms with Crippen LogP contribution >= 0.6 is 11.6 Å². The lowest BCUT2D eigenvalue weighted by Gasteiger charge is -2.03. The molecule has 3 nitrogen and oxygen atoms in total. The van der Waals surface area contributed by atoms with Crippen molar-refractivity contribution >= 4 is 17.4 Å². The van der Waals surface area contributed by atoms with Gasteiger partial charge in [0, 0.05) is 23.8 Å². The largest absolute Gasteiger partial charge is 0.288 e. The fourth-order valence-electron chi connectivity index (χ4n) is 1.53. The van der Waals surface area contributed by atoms with Crippen molar-refractivity contribution in [3.63, 3.8) is 0 Å². The zero-order valence-electron chi connectivity index (χ0n) is 9.07. The van der Waals surface area contributed by atoms with Crippen LogP contribution in [0.1, 0.15) is 21.5 Å². The van der Waals surface area contributed by atoms with Crippen LogP contribution in [0.3, 0.4) is 0 Å². The molecule has 1 heterocycles. The highest BCUT2D eigenvalue weighted by Crippen LogP contribution is 2.18. The lowest BCUT2D eigenvalue weighted by molar-refractivity contribution is 0.103. The average Bonchev–Trinajstić information content (AvgIpc) is 2.67. The number of aromatic nitrogens is 2. The summed E-state index contributed by atoms with van der Waals surface area (Å²) in [6.45, 7) is 1.89. The molecule has 0 atom stereocenters. The Kier molecular flexibility index (Phi) is 2.79. The molecule has 0 spiro atoms. The minimum absolute atomic E-state index is 0.0481. The average molecular weight is 235 g/mol. The lowest BCUT2D eigenvalue weighted by Crippen LogP contribution is -2.02. The molecule has 0 radical (unpaired) electrons. The number of benzene rings is 1. The van der Waals surface area contributed by atoms with Gasteiger partial charge in [0.2, 0.25) is 0 Å². The lowest BCUT2D eigenvalue weighted by atomic mass is 10.0. The van der Waals surface area contributed by atoms with Crippen LogP contribution in [0, 0.1) is 6.92 Å².